The van der Waals surface area contributed by atoms with E-state index in [9.17, 15) is 0 Å². The molecular formula is C21H46ClNO3. The van der Waals surface area contributed by atoms with Gasteiger partial charge in [-0.15, -0.1) is 0 Å². The van der Waals surface area contributed by atoms with Crippen LogP contribution in [0.25, 0.3) is 0 Å². The number of unbranched alkanes of at least 4 members (excludes halogenated alkanes) is 7. The van der Waals surface area contributed by atoms with E-state index in [0.29, 0.717) is 13.1 Å². The van der Waals surface area contributed by atoms with E-state index in [2.05, 4.69) is 20.9 Å². The Balaban J connectivity index is 0. The summed E-state index contributed by atoms with van der Waals surface area (Å²) in [6, 6.07) is 0. The molecule has 0 saturated carbocycles. The lowest BCUT2D eigenvalue weighted by molar-refractivity contribution is -0.910. The fourth-order valence-electron chi connectivity index (χ4n) is 3.29. The number of aliphatic hydroxyl groups excluding tert-OH is 2. The van der Waals surface area contributed by atoms with Gasteiger partial charge in [0.15, 0.2) is 0 Å². The van der Waals surface area contributed by atoms with Gasteiger partial charge in [0, 0.05) is 13.0 Å². The van der Waals surface area contributed by atoms with Crippen LogP contribution in [0.3, 0.4) is 0 Å². The fourth-order valence-corrected chi connectivity index (χ4v) is 3.29. The Hall–Kier alpha value is 0.130. The first-order valence-corrected chi connectivity index (χ1v) is 10.7. The van der Waals surface area contributed by atoms with E-state index in [1.54, 1.807) is 0 Å². The van der Waals surface area contributed by atoms with Gasteiger partial charge in [-0.2, -0.15) is 0 Å². The Morgan fingerprint density at radius 1 is 0.692 bits per heavy atom. The molecule has 26 heavy (non-hydrogen) atoms. The summed E-state index contributed by atoms with van der Waals surface area (Å²) in [6.07, 6.45) is 13.2. The predicted octanol–water partition coefficient (Wildman–Crippen LogP) is 0.995. The molecule has 0 aromatic rings. The highest BCUT2D eigenvalue weighted by Gasteiger charge is 2.19. The molecule has 0 radical (unpaired) electrons. The molecule has 4 nitrogen and oxygen atoms in total. The summed E-state index contributed by atoms with van der Waals surface area (Å²) in [6.45, 7) is 9.00. The van der Waals surface area contributed by atoms with Gasteiger partial charge in [-0.05, 0) is 12.3 Å². The van der Waals surface area contributed by atoms with E-state index in [4.69, 9.17) is 14.9 Å². The molecule has 0 bridgehead atoms. The third-order valence-corrected chi connectivity index (χ3v) is 5.09. The molecule has 0 aromatic carbocycles. The summed E-state index contributed by atoms with van der Waals surface area (Å²) in [4.78, 5) is 0. The van der Waals surface area contributed by atoms with Crippen LogP contribution in [0.5, 0.6) is 0 Å². The van der Waals surface area contributed by atoms with Crippen molar-refractivity contribution < 1.29 is 31.8 Å². The van der Waals surface area contributed by atoms with Crippen molar-refractivity contribution in [2.45, 2.75) is 78.1 Å². The van der Waals surface area contributed by atoms with Crippen LogP contribution in [0.15, 0.2) is 0 Å². The van der Waals surface area contributed by atoms with Gasteiger partial charge in [0.2, 0.25) is 0 Å². The molecule has 0 atom stereocenters. The quantitative estimate of drug-likeness (QED) is 0.253. The molecule has 0 aromatic heterocycles. The van der Waals surface area contributed by atoms with E-state index in [0.717, 1.165) is 36.6 Å². The van der Waals surface area contributed by atoms with Crippen LogP contribution in [0.2, 0.25) is 0 Å². The van der Waals surface area contributed by atoms with Gasteiger partial charge in [-0.3, -0.25) is 0 Å². The van der Waals surface area contributed by atoms with E-state index in [1.165, 1.54) is 57.8 Å². The van der Waals surface area contributed by atoms with Crippen molar-refractivity contribution in [3.8, 4) is 0 Å². The second kappa shape index (κ2) is 19.9. The number of nitrogens with zero attached hydrogens (tertiary/aromatic N) is 1. The van der Waals surface area contributed by atoms with Gasteiger partial charge in [0.25, 0.3) is 0 Å². The largest absolute Gasteiger partial charge is 1.00 e. The number of hydrogen-bond donors (Lipinski definition) is 2. The standard InChI is InChI=1S/C21H46NO3.ClH/c1-21(2)13-10-8-6-4-5-7-9-11-19-25-20-12-14-22(3,15-17-23)16-18-24;/h21,23-24H,4-20H2,1-3H3;1H/q+1;/p-1. The van der Waals surface area contributed by atoms with E-state index < -0.39 is 0 Å². The van der Waals surface area contributed by atoms with Crippen LogP contribution in [0.4, 0.5) is 0 Å². The lowest BCUT2D eigenvalue weighted by Gasteiger charge is -2.33. The molecule has 0 unspecified atom stereocenters. The topological polar surface area (TPSA) is 49.7 Å². The van der Waals surface area contributed by atoms with Crippen LogP contribution in [0, 0.1) is 5.92 Å². The third-order valence-electron chi connectivity index (χ3n) is 5.09. The van der Waals surface area contributed by atoms with Crippen LogP contribution < -0.4 is 12.4 Å². The molecule has 0 saturated heterocycles. The fraction of sp³-hybridized carbons (Fsp3) is 1.00. The maximum absolute atomic E-state index is 9.13. The SMILES string of the molecule is CC(C)CCCCCCCCCCOCCC[N+](C)(CCO)CCO.[Cl-]. The number of aliphatic hydroxyl groups is 2. The van der Waals surface area contributed by atoms with Gasteiger partial charge in [0.05, 0.1) is 33.4 Å². The highest BCUT2D eigenvalue weighted by Crippen LogP contribution is 2.12. The Morgan fingerprint density at radius 2 is 1.15 bits per heavy atom. The molecular weight excluding hydrogens is 350 g/mol. The molecule has 0 aliphatic carbocycles. The van der Waals surface area contributed by atoms with E-state index in [-0.39, 0.29) is 25.6 Å². The zero-order valence-corrected chi connectivity index (χ0v) is 18.5. The van der Waals surface area contributed by atoms with Crippen molar-refractivity contribution in [2.24, 2.45) is 5.92 Å². The normalized spacial score (nSPS) is 11.8. The first kappa shape index (κ1) is 28.3. The molecule has 0 aliphatic heterocycles. The Bertz CT molecular complexity index is 272. The summed E-state index contributed by atoms with van der Waals surface area (Å²) in [7, 11) is 2.09. The number of halogens is 1. The lowest BCUT2D eigenvalue weighted by Crippen LogP contribution is -3.00. The first-order chi connectivity index (χ1) is 12.0. The Labute approximate surface area is 169 Å². The molecule has 160 valence electrons. The molecule has 0 spiro atoms. The van der Waals surface area contributed by atoms with Crippen molar-refractivity contribution >= 4 is 0 Å². The summed E-state index contributed by atoms with van der Waals surface area (Å²) in [5, 5.41) is 18.3. The average molecular weight is 396 g/mol. The highest BCUT2D eigenvalue weighted by atomic mass is 35.5. The van der Waals surface area contributed by atoms with Crippen LogP contribution in [-0.2, 0) is 4.74 Å². The highest BCUT2D eigenvalue weighted by molar-refractivity contribution is 4.50. The van der Waals surface area contributed by atoms with Gasteiger partial charge in [-0.1, -0.05) is 65.2 Å². The predicted molar refractivity (Wildman–Crippen MR) is 107 cm³/mol. The minimum Gasteiger partial charge on any atom is -1.00 e. The Morgan fingerprint density at radius 3 is 1.65 bits per heavy atom. The minimum absolute atomic E-state index is 0. The molecule has 0 heterocycles. The van der Waals surface area contributed by atoms with Gasteiger partial charge >= 0.3 is 0 Å². The molecule has 0 amide bonds. The van der Waals surface area contributed by atoms with Gasteiger partial charge in [0.1, 0.15) is 13.1 Å². The van der Waals surface area contributed by atoms with Crippen LogP contribution >= 0.6 is 0 Å². The second-order valence-electron chi connectivity index (χ2n) is 8.21. The van der Waals surface area contributed by atoms with E-state index >= 15 is 0 Å². The molecule has 0 fully saturated rings. The summed E-state index contributed by atoms with van der Waals surface area (Å²) < 4.78 is 6.46. The number of likely N-dealkylation sites (N-methyl/N-ethyl adjacent to an activating group) is 1. The molecule has 2 N–H and O–H groups in total. The Kier molecular flexibility index (Phi) is 21.7. The first-order valence-electron chi connectivity index (χ1n) is 10.7. The summed E-state index contributed by atoms with van der Waals surface area (Å²) >= 11 is 0. The smallest absolute Gasteiger partial charge is 0.102 e. The zero-order chi connectivity index (χ0) is 18.8. The van der Waals surface area contributed by atoms with Crippen molar-refractivity contribution in [1.82, 2.24) is 0 Å². The molecule has 0 aliphatic rings. The summed E-state index contributed by atoms with van der Waals surface area (Å²) in [5.74, 6) is 0.858. The minimum atomic E-state index is 0. The second-order valence-corrected chi connectivity index (χ2v) is 8.21. The van der Waals surface area contributed by atoms with E-state index in [1.807, 2.05) is 0 Å². The van der Waals surface area contributed by atoms with Crippen LogP contribution in [-0.4, -0.2) is 67.8 Å². The summed E-state index contributed by atoms with van der Waals surface area (Å²) in [5.41, 5.74) is 0. The van der Waals surface area contributed by atoms with Gasteiger partial charge < -0.3 is 31.8 Å². The number of rotatable bonds is 19. The van der Waals surface area contributed by atoms with Crippen molar-refractivity contribution in [2.75, 3.05) is 53.1 Å². The van der Waals surface area contributed by atoms with Crippen LogP contribution in [0.1, 0.15) is 78.1 Å². The number of hydrogen-bond acceptors (Lipinski definition) is 3. The molecule has 5 heteroatoms. The zero-order valence-electron chi connectivity index (χ0n) is 17.7. The maximum Gasteiger partial charge on any atom is 0.102 e. The van der Waals surface area contributed by atoms with Gasteiger partial charge in [-0.25, -0.2) is 0 Å². The average Bonchev–Trinajstić information content (AvgIpc) is 2.55. The van der Waals surface area contributed by atoms with Crippen molar-refractivity contribution in [3.63, 3.8) is 0 Å². The van der Waals surface area contributed by atoms with Crippen molar-refractivity contribution in [1.29, 1.82) is 0 Å². The monoisotopic (exact) mass is 395 g/mol. The number of quaternary nitrogens is 1. The number of ether oxygens (including phenoxy) is 1. The third kappa shape index (κ3) is 18.9. The van der Waals surface area contributed by atoms with Crippen molar-refractivity contribution in [3.05, 3.63) is 0 Å². The maximum atomic E-state index is 9.13. The lowest BCUT2D eigenvalue weighted by atomic mass is 10.0. The molecule has 0 rings (SSSR count).